The fraction of sp³-hybridized carbons (Fsp3) is 0.909. The van der Waals surface area contributed by atoms with Crippen LogP contribution >= 0.6 is 0 Å². The van der Waals surface area contributed by atoms with Crippen molar-refractivity contribution in [3.8, 4) is 0 Å². The molecule has 16 heavy (non-hydrogen) atoms. The van der Waals surface area contributed by atoms with Crippen LogP contribution in [0.1, 0.15) is 6.92 Å². The first-order valence-corrected chi connectivity index (χ1v) is 5.96. The second kappa shape index (κ2) is 7.60. The molecule has 1 fully saturated rings. The number of hydrogen-bond donors (Lipinski definition) is 1. The molecule has 0 aromatic carbocycles. The quantitative estimate of drug-likeness (QED) is 0.617. The van der Waals surface area contributed by atoms with Gasteiger partial charge in [0.15, 0.2) is 0 Å². The Hall–Kier alpha value is -0.650. The monoisotopic (exact) mass is 229 g/mol. The van der Waals surface area contributed by atoms with Crippen LogP contribution in [0.4, 0.5) is 0 Å². The molecule has 0 aromatic heterocycles. The third-order valence-corrected chi connectivity index (χ3v) is 2.91. The third kappa shape index (κ3) is 4.92. The van der Waals surface area contributed by atoms with Gasteiger partial charge in [0.25, 0.3) is 0 Å². The number of nitrogens with zero attached hydrogens (tertiary/aromatic N) is 2. The lowest BCUT2D eigenvalue weighted by Gasteiger charge is -2.33. The average Bonchev–Trinajstić information content (AvgIpc) is 2.30. The molecular weight excluding hydrogens is 206 g/mol. The van der Waals surface area contributed by atoms with E-state index in [9.17, 15) is 4.79 Å². The van der Waals surface area contributed by atoms with Crippen molar-refractivity contribution in [3.63, 3.8) is 0 Å². The molecule has 5 heteroatoms. The van der Waals surface area contributed by atoms with Crippen molar-refractivity contribution in [1.82, 2.24) is 15.1 Å². The maximum atomic E-state index is 11.5. The van der Waals surface area contributed by atoms with Crippen LogP contribution in [-0.2, 0) is 9.53 Å². The van der Waals surface area contributed by atoms with E-state index in [0.29, 0.717) is 19.7 Å². The summed E-state index contributed by atoms with van der Waals surface area (Å²) >= 11 is 0. The van der Waals surface area contributed by atoms with Crippen molar-refractivity contribution in [2.75, 3.05) is 59.5 Å². The Morgan fingerprint density at radius 1 is 1.25 bits per heavy atom. The highest BCUT2D eigenvalue weighted by Crippen LogP contribution is 2.00. The fourth-order valence-electron chi connectivity index (χ4n) is 1.82. The molecule has 1 aliphatic rings. The second-order valence-electron chi connectivity index (χ2n) is 4.05. The zero-order chi connectivity index (χ0) is 11.8. The number of amides is 1. The number of methoxy groups -OCH3 is 1. The number of carbonyl (C=O) groups is 1. The molecule has 5 nitrogen and oxygen atoms in total. The maximum Gasteiger partial charge on any atom is 0.234 e. The van der Waals surface area contributed by atoms with E-state index in [2.05, 4.69) is 22.0 Å². The van der Waals surface area contributed by atoms with Gasteiger partial charge >= 0.3 is 0 Å². The van der Waals surface area contributed by atoms with Crippen molar-refractivity contribution in [2.24, 2.45) is 0 Å². The lowest BCUT2D eigenvalue weighted by Crippen LogP contribution is -2.49. The van der Waals surface area contributed by atoms with Gasteiger partial charge in [-0.3, -0.25) is 9.69 Å². The highest BCUT2D eigenvalue weighted by molar-refractivity contribution is 5.77. The van der Waals surface area contributed by atoms with Gasteiger partial charge in [-0.05, 0) is 6.54 Å². The van der Waals surface area contributed by atoms with Gasteiger partial charge in [0, 0.05) is 39.8 Å². The van der Waals surface area contributed by atoms with Gasteiger partial charge in [-0.2, -0.15) is 0 Å². The molecule has 1 aliphatic heterocycles. The molecule has 1 N–H and O–H groups in total. The van der Waals surface area contributed by atoms with Crippen molar-refractivity contribution < 1.29 is 9.53 Å². The summed E-state index contributed by atoms with van der Waals surface area (Å²) in [5.74, 6) is 0.0991. The zero-order valence-corrected chi connectivity index (χ0v) is 10.4. The van der Waals surface area contributed by atoms with Crippen LogP contribution < -0.4 is 5.32 Å². The summed E-state index contributed by atoms with van der Waals surface area (Å²) < 4.78 is 4.88. The lowest BCUT2D eigenvalue weighted by atomic mass is 10.3. The molecule has 1 heterocycles. The second-order valence-corrected chi connectivity index (χ2v) is 4.05. The Labute approximate surface area is 97.7 Å². The van der Waals surface area contributed by atoms with E-state index in [-0.39, 0.29) is 5.91 Å². The first kappa shape index (κ1) is 13.4. The van der Waals surface area contributed by atoms with E-state index < -0.39 is 0 Å². The van der Waals surface area contributed by atoms with Crippen LogP contribution in [0.5, 0.6) is 0 Å². The molecule has 0 radical (unpaired) electrons. The first-order valence-electron chi connectivity index (χ1n) is 5.96. The molecule has 0 aromatic rings. The van der Waals surface area contributed by atoms with Gasteiger partial charge in [0.05, 0.1) is 13.2 Å². The SMILES string of the molecule is CCN1CCN(CC(=O)NCCOC)CC1. The molecule has 1 rings (SSSR count). The number of piperazine rings is 1. The largest absolute Gasteiger partial charge is 0.383 e. The van der Waals surface area contributed by atoms with Crippen LogP contribution in [-0.4, -0.2) is 75.2 Å². The van der Waals surface area contributed by atoms with E-state index in [0.717, 1.165) is 32.7 Å². The van der Waals surface area contributed by atoms with Crippen molar-refractivity contribution in [3.05, 3.63) is 0 Å². The third-order valence-electron chi connectivity index (χ3n) is 2.91. The fourth-order valence-corrected chi connectivity index (χ4v) is 1.82. The van der Waals surface area contributed by atoms with Gasteiger partial charge < -0.3 is 15.0 Å². The summed E-state index contributed by atoms with van der Waals surface area (Å²) in [6, 6.07) is 0. The van der Waals surface area contributed by atoms with Crippen molar-refractivity contribution in [2.45, 2.75) is 6.92 Å². The van der Waals surface area contributed by atoms with Crippen LogP contribution in [0, 0.1) is 0 Å². The Bertz CT molecular complexity index is 203. The molecule has 0 aliphatic carbocycles. The molecule has 1 amide bonds. The Balaban J connectivity index is 2.10. The summed E-state index contributed by atoms with van der Waals surface area (Å²) in [4.78, 5) is 16.1. The number of carbonyl (C=O) groups excluding carboxylic acids is 1. The van der Waals surface area contributed by atoms with E-state index in [4.69, 9.17) is 4.74 Å². The normalized spacial score (nSPS) is 18.6. The van der Waals surface area contributed by atoms with Crippen LogP contribution in [0.15, 0.2) is 0 Å². The zero-order valence-electron chi connectivity index (χ0n) is 10.4. The number of ether oxygens (including phenoxy) is 1. The standard InChI is InChI=1S/C11H23N3O2/c1-3-13-5-7-14(8-6-13)10-11(15)12-4-9-16-2/h3-10H2,1-2H3,(H,12,15). The van der Waals surface area contributed by atoms with E-state index >= 15 is 0 Å². The van der Waals surface area contributed by atoms with Crippen LogP contribution in [0.3, 0.4) is 0 Å². The Morgan fingerprint density at radius 3 is 2.44 bits per heavy atom. The highest BCUT2D eigenvalue weighted by Gasteiger charge is 2.17. The first-order chi connectivity index (χ1) is 7.76. The molecule has 1 saturated heterocycles. The van der Waals surface area contributed by atoms with Crippen LogP contribution in [0.2, 0.25) is 0 Å². The average molecular weight is 229 g/mol. The van der Waals surface area contributed by atoms with Crippen LogP contribution in [0.25, 0.3) is 0 Å². The Morgan fingerprint density at radius 2 is 1.88 bits per heavy atom. The number of rotatable bonds is 6. The molecule has 0 atom stereocenters. The van der Waals surface area contributed by atoms with Crippen molar-refractivity contribution >= 4 is 5.91 Å². The summed E-state index contributed by atoms with van der Waals surface area (Å²) in [6.45, 7) is 9.10. The molecular formula is C11H23N3O2. The summed E-state index contributed by atoms with van der Waals surface area (Å²) in [5.41, 5.74) is 0. The van der Waals surface area contributed by atoms with E-state index in [1.54, 1.807) is 7.11 Å². The molecule has 0 bridgehead atoms. The number of nitrogens with one attached hydrogen (secondary N) is 1. The smallest absolute Gasteiger partial charge is 0.234 e. The maximum absolute atomic E-state index is 11.5. The minimum Gasteiger partial charge on any atom is -0.383 e. The number of hydrogen-bond acceptors (Lipinski definition) is 4. The summed E-state index contributed by atoms with van der Waals surface area (Å²) in [6.07, 6.45) is 0. The van der Waals surface area contributed by atoms with E-state index in [1.165, 1.54) is 0 Å². The number of likely N-dealkylation sites (N-methyl/N-ethyl adjacent to an activating group) is 1. The van der Waals surface area contributed by atoms with Gasteiger partial charge in [-0.25, -0.2) is 0 Å². The predicted molar refractivity (Wildman–Crippen MR) is 63.4 cm³/mol. The molecule has 0 saturated carbocycles. The summed E-state index contributed by atoms with van der Waals surface area (Å²) in [5, 5.41) is 2.84. The lowest BCUT2D eigenvalue weighted by molar-refractivity contribution is -0.122. The Kier molecular flexibility index (Phi) is 6.37. The predicted octanol–water partition coefficient (Wildman–Crippen LogP) is -0.613. The summed E-state index contributed by atoms with van der Waals surface area (Å²) in [7, 11) is 1.64. The molecule has 0 unspecified atom stereocenters. The topological polar surface area (TPSA) is 44.8 Å². The van der Waals surface area contributed by atoms with Gasteiger partial charge in [0.2, 0.25) is 5.91 Å². The molecule has 94 valence electrons. The van der Waals surface area contributed by atoms with Crippen molar-refractivity contribution in [1.29, 1.82) is 0 Å². The van der Waals surface area contributed by atoms with Gasteiger partial charge in [-0.1, -0.05) is 6.92 Å². The minimum atomic E-state index is 0.0991. The van der Waals surface area contributed by atoms with Gasteiger partial charge in [0.1, 0.15) is 0 Å². The minimum absolute atomic E-state index is 0.0991. The van der Waals surface area contributed by atoms with Gasteiger partial charge in [-0.15, -0.1) is 0 Å². The molecule has 0 spiro atoms. The van der Waals surface area contributed by atoms with E-state index in [1.807, 2.05) is 0 Å². The highest BCUT2D eigenvalue weighted by atomic mass is 16.5.